The Bertz CT molecular complexity index is 649. The van der Waals surface area contributed by atoms with Gasteiger partial charge < -0.3 is 19.9 Å². The van der Waals surface area contributed by atoms with E-state index in [0.29, 0.717) is 13.2 Å². The summed E-state index contributed by atoms with van der Waals surface area (Å²) in [4.78, 5) is 16.3. The standard InChI is InChI=1S/C18H23ClN4O2/c1-25-11-3-6-21-18(24)15(13-20)14-22-7-9-23(10-8-22)17-5-2-4-16(19)12-17/h2,4-5,12,14H,3,6-11H2,1H3,(H,21,24)/b15-14-. The van der Waals surface area contributed by atoms with Crippen LogP contribution >= 0.6 is 11.6 Å². The zero-order valence-electron chi connectivity index (χ0n) is 14.4. The molecule has 1 aliphatic heterocycles. The highest BCUT2D eigenvalue weighted by Crippen LogP contribution is 2.20. The van der Waals surface area contributed by atoms with E-state index < -0.39 is 0 Å². The first-order valence-electron chi connectivity index (χ1n) is 8.27. The van der Waals surface area contributed by atoms with Crippen LogP contribution in [0.5, 0.6) is 0 Å². The van der Waals surface area contributed by atoms with E-state index in [0.717, 1.165) is 43.3 Å². The molecule has 6 nitrogen and oxygen atoms in total. The van der Waals surface area contributed by atoms with Crippen molar-refractivity contribution in [3.63, 3.8) is 0 Å². The number of ether oxygens (including phenoxy) is 1. The van der Waals surface area contributed by atoms with Crippen molar-refractivity contribution in [1.29, 1.82) is 5.26 Å². The quantitative estimate of drug-likeness (QED) is 0.456. The lowest BCUT2D eigenvalue weighted by Gasteiger charge is -2.35. The Morgan fingerprint density at radius 2 is 2.16 bits per heavy atom. The number of carbonyl (C=O) groups excluding carboxylic acids is 1. The monoisotopic (exact) mass is 362 g/mol. The van der Waals surface area contributed by atoms with Crippen LogP contribution in [0.25, 0.3) is 0 Å². The first kappa shape index (κ1) is 19.1. The highest BCUT2D eigenvalue weighted by Gasteiger charge is 2.17. The molecule has 0 atom stereocenters. The van der Waals surface area contributed by atoms with Crippen LogP contribution in [0.15, 0.2) is 36.0 Å². The molecule has 0 unspecified atom stereocenters. The number of rotatable bonds is 7. The molecule has 0 aromatic heterocycles. The Kier molecular flexibility index (Phi) is 7.58. The second kappa shape index (κ2) is 9.92. The summed E-state index contributed by atoms with van der Waals surface area (Å²) in [6, 6.07) is 9.76. The third kappa shape index (κ3) is 5.96. The molecule has 0 radical (unpaired) electrons. The Balaban J connectivity index is 1.87. The molecule has 0 aliphatic carbocycles. The van der Waals surface area contributed by atoms with Crippen molar-refractivity contribution in [1.82, 2.24) is 10.2 Å². The summed E-state index contributed by atoms with van der Waals surface area (Å²) in [5, 5.41) is 12.7. The third-order valence-corrected chi connectivity index (χ3v) is 4.21. The van der Waals surface area contributed by atoms with E-state index in [-0.39, 0.29) is 11.5 Å². The molecule has 1 aromatic carbocycles. The Morgan fingerprint density at radius 1 is 1.40 bits per heavy atom. The van der Waals surface area contributed by atoms with Gasteiger partial charge >= 0.3 is 0 Å². The summed E-state index contributed by atoms with van der Waals surface area (Å²) in [5.41, 5.74) is 1.22. The Hall–Kier alpha value is -2.23. The molecule has 1 amide bonds. The third-order valence-electron chi connectivity index (χ3n) is 3.98. The minimum absolute atomic E-state index is 0.133. The van der Waals surface area contributed by atoms with Crippen LogP contribution in [0.2, 0.25) is 5.02 Å². The number of nitrogens with one attached hydrogen (secondary N) is 1. The SMILES string of the molecule is COCCCNC(=O)/C(C#N)=C\N1CCN(c2cccc(Cl)c2)CC1. The molecular weight excluding hydrogens is 340 g/mol. The molecule has 2 rings (SSSR count). The number of nitriles is 1. The van der Waals surface area contributed by atoms with Crippen LogP contribution in [0.3, 0.4) is 0 Å². The Labute approximate surface area is 153 Å². The van der Waals surface area contributed by atoms with Crippen molar-refractivity contribution in [3.8, 4) is 6.07 Å². The number of anilines is 1. The zero-order chi connectivity index (χ0) is 18.1. The van der Waals surface area contributed by atoms with Gasteiger partial charge in [-0.2, -0.15) is 5.26 Å². The smallest absolute Gasteiger partial charge is 0.263 e. The van der Waals surface area contributed by atoms with E-state index in [1.807, 2.05) is 35.2 Å². The Morgan fingerprint density at radius 3 is 2.80 bits per heavy atom. The van der Waals surface area contributed by atoms with Crippen molar-refractivity contribution in [3.05, 3.63) is 41.1 Å². The number of amides is 1. The van der Waals surface area contributed by atoms with Crippen molar-refractivity contribution in [2.24, 2.45) is 0 Å². The highest BCUT2D eigenvalue weighted by atomic mass is 35.5. The van der Waals surface area contributed by atoms with Crippen LogP contribution in [0, 0.1) is 11.3 Å². The van der Waals surface area contributed by atoms with E-state index in [4.69, 9.17) is 16.3 Å². The number of hydrogen-bond donors (Lipinski definition) is 1. The second-order valence-electron chi connectivity index (χ2n) is 5.76. The number of carbonyl (C=O) groups is 1. The summed E-state index contributed by atoms with van der Waals surface area (Å²) in [5.74, 6) is -0.337. The van der Waals surface area contributed by atoms with Crippen molar-refractivity contribution in [2.45, 2.75) is 6.42 Å². The number of methoxy groups -OCH3 is 1. The summed E-state index contributed by atoms with van der Waals surface area (Å²) >= 11 is 6.04. The van der Waals surface area contributed by atoms with Crippen LogP contribution < -0.4 is 10.2 Å². The molecule has 1 aromatic rings. The molecule has 1 aliphatic rings. The molecular formula is C18H23ClN4O2. The van der Waals surface area contributed by atoms with Gasteiger partial charge in [-0.15, -0.1) is 0 Å². The molecule has 0 spiro atoms. The first-order chi connectivity index (χ1) is 12.1. The maximum absolute atomic E-state index is 12.0. The highest BCUT2D eigenvalue weighted by molar-refractivity contribution is 6.30. The number of nitrogens with zero attached hydrogens (tertiary/aromatic N) is 3. The lowest BCUT2D eigenvalue weighted by atomic mass is 10.2. The van der Waals surface area contributed by atoms with Gasteiger partial charge in [0.1, 0.15) is 11.6 Å². The molecule has 1 saturated heterocycles. The van der Waals surface area contributed by atoms with Crippen molar-refractivity contribution >= 4 is 23.2 Å². The van der Waals surface area contributed by atoms with Crippen molar-refractivity contribution in [2.75, 3.05) is 51.3 Å². The van der Waals surface area contributed by atoms with Gasteiger partial charge in [0, 0.05) is 63.4 Å². The van der Waals surface area contributed by atoms with Gasteiger partial charge in [0.2, 0.25) is 0 Å². The summed E-state index contributed by atoms with van der Waals surface area (Å²) in [6.07, 6.45) is 2.38. The molecule has 25 heavy (non-hydrogen) atoms. The van der Waals surface area contributed by atoms with E-state index in [1.54, 1.807) is 13.3 Å². The second-order valence-corrected chi connectivity index (χ2v) is 6.20. The molecule has 1 heterocycles. The molecule has 7 heteroatoms. The van der Waals surface area contributed by atoms with E-state index >= 15 is 0 Å². The predicted octanol–water partition coefficient (Wildman–Crippen LogP) is 2.02. The zero-order valence-corrected chi connectivity index (χ0v) is 15.1. The lowest BCUT2D eigenvalue weighted by Crippen LogP contribution is -2.44. The van der Waals surface area contributed by atoms with Crippen LogP contribution in [-0.4, -0.2) is 57.2 Å². The summed E-state index contributed by atoms with van der Waals surface area (Å²) in [7, 11) is 1.62. The molecule has 1 fully saturated rings. The summed E-state index contributed by atoms with van der Waals surface area (Å²) in [6.45, 7) is 4.19. The number of halogens is 1. The first-order valence-corrected chi connectivity index (χ1v) is 8.65. The minimum atomic E-state index is -0.337. The van der Waals surface area contributed by atoms with Gasteiger partial charge in [-0.05, 0) is 24.6 Å². The molecule has 0 bridgehead atoms. The maximum Gasteiger partial charge on any atom is 0.263 e. The van der Waals surface area contributed by atoms with Gasteiger partial charge in [-0.25, -0.2) is 0 Å². The number of piperazine rings is 1. The van der Waals surface area contributed by atoms with Gasteiger partial charge in [0.25, 0.3) is 5.91 Å². The minimum Gasteiger partial charge on any atom is -0.385 e. The van der Waals surface area contributed by atoms with Crippen molar-refractivity contribution < 1.29 is 9.53 Å². The fourth-order valence-corrected chi connectivity index (χ4v) is 2.80. The average Bonchev–Trinajstić information content (AvgIpc) is 2.63. The predicted molar refractivity (Wildman–Crippen MR) is 98.4 cm³/mol. The van der Waals surface area contributed by atoms with E-state index in [1.165, 1.54) is 0 Å². The number of benzene rings is 1. The van der Waals surface area contributed by atoms with E-state index in [9.17, 15) is 10.1 Å². The average molecular weight is 363 g/mol. The topological polar surface area (TPSA) is 68.6 Å². The fourth-order valence-electron chi connectivity index (χ4n) is 2.62. The number of hydrogen-bond acceptors (Lipinski definition) is 5. The van der Waals surface area contributed by atoms with Gasteiger partial charge in [-0.3, -0.25) is 4.79 Å². The van der Waals surface area contributed by atoms with Gasteiger partial charge in [-0.1, -0.05) is 17.7 Å². The molecule has 1 N–H and O–H groups in total. The van der Waals surface area contributed by atoms with Gasteiger partial charge in [0.15, 0.2) is 0 Å². The largest absolute Gasteiger partial charge is 0.385 e. The van der Waals surface area contributed by atoms with Crippen LogP contribution in [0.4, 0.5) is 5.69 Å². The van der Waals surface area contributed by atoms with Crippen LogP contribution in [0.1, 0.15) is 6.42 Å². The normalized spacial score (nSPS) is 15.0. The summed E-state index contributed by atoms with van der Waals surface area (Å²) < 4.78 is 4.93. The van der Waals surface area contributed by atoms with E-state index in [2.05, 4.69) is 10.2 Å². The maximum atomic E-state index is 12.0. The lowest BCUT2D eigenvalue weighted by molar-refractivity contribution is -0.117. The molecule has 0 saturated carbocycles. The fraction of sp³-hybridized carbons (Fsp3) is 0.444. The van der Waals surface area contributed by atoms with Crippen LogP contribution in [-0.2, 0) is 9.53 Å². The van der Waals surface area contributed by atoms with Gasteiger partial charge in [0.05, 0.1) is 0 Å². The molecule has 134 valence electrons.